The normalized spacial score (nSPS) is 12.5. The molecule has 0 saturated carbocycles. The fraction of sp³-hybridized carbons (Fsp3) is 0.444. The predicted molar refractivity (Wildman–Crippen MR) is 48.8 cm³/mol. The molecule has 0 saturated heterocycles. The largest absolute Gasteiger partial charge is 0.465 e. The zero-order valence-corrected chi connectivity index (χ0v) is 8.30. The summed E-state index contributed by atoms with van der Waals surface area (Å²) >= 11 is 5.57. The Morgan fingerprint density at radius 1 is 1.69 bits per heavy atom. The Labute approximate surface area is 81.6 Å². The van der Waals surface area contributed by atoms with Gasteiger partial charge in [0.1, 0.15) is 11.7 Å². The summed E-state index contributed by atoms with van der Waals surface area (Å²) < 4.78 is 9.90. The molecule has 0 aliphatic rings. The zero-order chi connectivity index (χ0) is 9.84. The van der Waals surface area contributed by atoms with E-state index in [1.165, 1.54) is 0 Å². The number of carbonyl (C=O) groups is 1. The maximum Gasteiger partial charge on any atom is 0.316 e. The molecule has 0 aliphatic heterocycles. The Morgan fingerprint density at radius 2 is 2.38 bits per heavy atom. The van der Waals surface area contributed by atoms with Gasteiger partial charge in [0, 0.05) is 0 Å². The van der Waals surface area contributed by atoms with Crippen LogP contribution in [0.4, 0.5) is 0 Å². The lowest BCUT2D eigenvalue weighted by molar-refractivity contribution is -0.144. The predicted octanol–water partition coefficient (Wildman–Crippen LogP) is 2.60. The Hall–Kier alpha value is -0.960. The van der Waals surface area contributed by atoms with Crippen molar-refractivity contribution in [3.63, 3.8) is 0 Å². The smallest absolute Gasteiger partial charge is 0.316 e. The van der Waals surface area contributed by atoms with Crippen molar-refractivity contribution in [2.24, 2.45) is 0 Å². The number of ether oxygens (including phenoxy) is 1. The third kappa shape index (κ3) is 2.49. The highest BCUT2D eigenvalue weighted by Crippen LogP contribution is 2.22. The topological polar surface area (TPSA) is 39.4 Å². The van der Waals surface area contributed by atoms with E-state index >= 15 is 0 Å². The van der Waals surface area contributed by atoms with Gasteiger partial charge in [0.25, 0.3) is 0 Å². The molecule has 1 aromatic rings. The molecule has 0 spiro atoms. The summed E-state index contributed by atoms with van der Waals surface area (Å²) in [7, 11) is 0. The van der Waals surface area contributed by atoms with Gasteiger partial charge in [-0.05, 0) is 37.6 Å². The highest BCUT2D eigenvalue weighted by molar-refractivity contribution is 6.28. The van der Waals surface area contributed by atoms with Crippen LogP contribution in [0.2, 0.25) is 5.22 Å². The van der Waals surface area contributed by atoms with Crippen molar-refractivity contribution in [1.82, 2.24) is 0 Å². The Kier molecular flexibility index (Phi) is 3.37. The molecule has 0 fully saturated rings. The van der Waals surface area contributed by atoms with E-state index in [0.29, 0.717) is 12.4 Å². The number of esters is 1. The molecule has 4 heteroatoms. The summed E-state index contributed by atoms with van der Waals surface area (Å²) in [5, 5.41) is 0.283. The first-order valence-electron chi connectivity index (χ1n) is 4.07. The van der Waals surface area contributed by atoms with Gasteiger partial charge >= 0.3 is 5.97 Å². The molecule has 0 N–H and O–H groups in total. The molecule has 1 rings (SSSR count). The van der Waals surface area contributed by atoms with Crippen molar-refractivity contribution in [2.75, 3.05) is 6.61 Å². The number of rotatable bonds is 3. The standard InChI is InChI=1S/C9H11ClO3/c1-3-12-9(11)6(2)7-4-5-8(10)13-7/h4-6H,3H2,1-2H3. The van der Waals surface area contributed by atoms with Gasteiger partial charge < -0.3 is 9.15 Å². The van der Waals surface area contributed by atoms with Crippen molar-refractivity contribution in [2.45, 2.75) is 19.8 Å². The van der Waals surface area contributed by atoms with Crippen LogP contribution in [0.5, 0.6) is 0 Å². The molecule has 72 valence electrons. The maximum absolute atomic E-state index is 11.2. The van der Waals surface area contributed by atoms with Crippen molar-refractivity contribution in [3.05, 3.63) is 23.1 Å². The van der Waals surface area contributed by atoms with Crippen LogP contribution >= 0.6 is 11.6 Å². The van der Waals surface area contributed by atoms with E-state index in [9.17, 15) is 4.79 Å². The average Bonchev–Trinajstić information content (AvgIpc) is 2.51. The van der Waals surface area contributed by atoms with E-state index in [0.717, 1.165) is 0 Å². The van der Waals surface area contributed by atoms with Crippen molar-refractivity contribution in [3.8, 4) is 0 Å². The van der Waals surface area contributed by atoms with Gasteiger partial charge in [-0.25, -0.2) is 0 Å². The van der Waals surface area contributed by atoms with Gasteiger partial charge in [0.2, 0.25) is 0 Å². The summed E-state index contributed by atoms with van der Waals surface area (Å²) in [6.07, 6.45) is 0. The molecule has 1 atom stereocenters. The lowest BCUT2D eigenvalue weighted by Crippen LogP contribution is -2.12. The molecular weight excluding hydrogens is 192 g/mol. The minimum absolute atomic E-state index is 0.283. The second kappa shape index (κ2) is 4.33. The third-order valence-corrected chi connectivity index (χ3v) is 1.86. The lowest BCUT2D eigenvalue weighted by atomic mass is 10.1. The number of carbonyl (C=O) groups excluding carboxylic acids is 1. The minimum atomic E-state index is -0.396. The molecule has 0 amide bonds. The molecule has 0 bridgehead atoms. The summed E-state index contributed by atoms with van der Waals surface area (Å²) in [4.78, 5) is 11.2. The van der Waals surface area contributed by atoms with Crippen LogP contribution in [-0.2, 0) is 9.53 Å². The highest BCUT2D eigenvalue weighted by atomic mass is 35.5. The lowest BCUT2D eigenvalue weighted by Gasteiger charge is -2.06. The second-order valence-corrected chi connectivity index (χ2v) is 2.99. The van der Waals surface area contributed by atoms with E-state index in [-0.39, 0.29) is 11.2 Å². The Balaban J connectivity index is 2.67. The molecule has 0 radical (unpaired) electrons. The van der Waals surface area contributed by atoms with E-state index in [1.54, 1.807) is 26.0 Å². The van der Waals surface area contributed by atoms with Gasteiger partial charge in [0.05, 0.1) is 6.61 Å². The van der Waals surface area contributed by atoms with Crippen molar-refractivity contribution < 1.29 is 13.9 Å². The van der Waals surface area contributed by atoms with Gasteiger partial charge in [-0.1, -0.05) is 0 Å². The third-order valence-electron chi connectivity index (χ3n) is 1.66. The van der Waals surface area contributed by atoms with Gasteiger partial charge in [0.15, 0.2) is 5.22 Å². The van der Waals surface area contributed by atoms with Crippen LogP contribution in [0.1, 0.15) is 25.5 Å². The van der Waals surface area contributed by atoms with Gasteiger partial charge in [-0.3, -0.25) is 4.79 Å². The number of hydrogen-bond donors (Lipinski definition) is 0. The van der Waals surface area contributed by atoms with E-state index < -0.39 is 5.92 Å². The van der Waals surface area contributed by atoms with Crippen molar-refractivity contribution >= 4 is 17.6 Å². The molecule has 0 aromatic carbocycles. The summed E-state index contributed by atoms with van der Waals surface area (Å²) in [5.41, 5.74) is 0. The number of hydrogen-bond acceptors (Lipinski definition) is 3. The average molecular weight is 203 g/mol. The van der Waals surface area contributed by atoms with E-state index in [2.05, 4.69) is 0 Å². The summed E-state index contributed by atoms with van der Waals surface area (Å²) in [6.45, 7) is 3.85. The van der Waals surface area contributed by atoms with E-state index in [1.807, 2.05) is 0 Å². The molecule has 0 aliphatic carbocycles. The summed E-state index contributed by atoms with van der Waals surface area (Å²) in [6, 6.07) is 3.27. The molecular formula is C9H11ClO3. The Morgan fingerprint density at radius 3 is 2.85 bits per heavy atom. The van der Waals surface area contributed by atoms with Crippen molar-refractivity contribution in [1.29, 1.82) is 0 Å². The number of halogens is 1. The van der Waals surface area contributed by atoms with Gasteiger partial charge in [-0.15, -0.1) is 0 Å². The first-order valence-corrected chi connectivity index (χ1v) is 4.44. The first kappa shape index (κ1) is 10.1. The molecule has 1 aromatic heterocycles. The minimum Gasteiger partial charge on any atom is -0.465 e. The number of furan rings is 1. The van der Waals surface area contributed by atoms with Crippen LogP contribution < -0.4 is 0 Å². The molecule has 1 unspecified atom stereocenters. The van der Waals surface area contributed by atoms with Crippen LogP contribution in [0.15, 0.2) is 16.5 Å². The highest BCUT2D eigenvalue weighted by Gasteiger charge is 2.19. The zero-order valence-electron chi connectivity index (χ0n) is 7.54. The first-order chi connectivity index (χ1) is 6.15. The maximum atomic E-state index is 11.2. The van der Waals surface area contributed by atoms with Crippen LogP contribution in [0, 0.1) is 0 Å². The van der Waals surface area contributed by atoms with Crippen LogP contribution in [-0.4, -0.2) is 12.6 Å². The second-order valence-electron chi connectivity index (χ2n) is 2.62. The Bertz CT molecular complexity index is 293. The quantitative estimate of drug-likeness (QED) is 0.708. The van der Waals surface area contributed by atoms with E-state index in [4.69, 9.17) is 20.8 Å². The summed E-state index contributed by atoms with van der Waals surface area (Å²) in [5.74, 6) is -0.163. The molecule has 3 nitrogen and oxygen atoms in total. The van der Waals surface area contributed by atoms with Gasteiger partial charge in [-0.2, -0.15) is 0 Å². The SMILES string of the molecule is CCOC(=O)C(C)c1ccc(Cl)o1. The van der Waals surface area contributed by atoms with Crippen LogP contribution in [0.3, 0.4) is 0 Å². The monoisotopic (exact) mass is 202 g/mol. The fourth-order valence-electron chi connectivity index (χ4n) is 0.944. The van der Waals surface area contributed by atoms with Crippen LogP contribution in [0.25, 0.3) is 0 Å². The molecule has 1 heterocycles. The molecule has 13 heavy (non-hydrogen) atoms. The fourth-order valence-corrected chi connectivity index (χ4v) is 1.10.